The first kappa shape index (κ1) is 32.0. The number of ether oxygens (including phenoxy) is 1. The molecule has 3 N–H and O–H groups in total. The summed E-state index contributed by atoms with van der Waals surface area (Å²) in [5.41, 5.74) is 4.04. The van der Waals surface area contributed by atoms with Gasteiger partial charge < -0.3 is 25.3 Å². The van der Waals surface area contributed by atoms with Crippen LogP contribution in [0.3, 0.4) is 0 Å². The molecule has 0 atom stereocenters. The van der Waals surface area contributed by atoms with E-state index in [0.717, 1.165) is 48.9 Å². The SMILES string of the molecule is CN(C/C=C/C(=O)Nc1ccc(CN2CCC(Nc3ncc(Cl)c(-c4c[nH]c5ccccc45)n3)CC2)cc1)C(=O)OC(C)(C)C. The van der Waals surface area contributed by atoms with Gasteiger partial charge in [-0.1, -0.05) is 48.0 Å². The quantitative estimate of drug-likeness (QED) is 0.176. The Morgan fingerprint density at radius 2 is 1.87 bits per heavy atom. The van der Waals surface area contributed by atoms with E-state index < -0.39 is 11.7 Å². The first-order chi connectivity index (χ1) is 21.5. The average molecular weight is 630 g/mol. The lowest BCUT2D eigenvalue weighted by Gasteiger charge is -2.32. The monoisotopic (exact) mass is 629 g/mol. The molecule has 2 aromatic carbocycles. The number of carbonyl (C=O) groups excluding carboxylic acids is 2. The highest BCUT2D eigenvalue weighted by Gasteiger charge is 2.21. The fraction of sp³-hybridized carbons (Fsp3) is 0.353. The number of para-hydroxylation sites is 1. The van der Waals surface area contributed by atoms with Crippen LogP contribution in [-0.2, 0) is 16.1 Å². The smallest absolute Gasteiger partial charge is 0.410 e. The van der Waals surface area contributed by atoms with Gasteiger partial charge in [0.25, 0.3) is 0 Å². The number of aromatic amines is 1. The fourth-order valence-corrected chi connectivity index (χ4v) is 5.37. The molecular formula is C34H40ClN7O3. The minimum atomic E-state index is -0.565. The maximum Gasteiger partial charge on any atom is 0.410 e. The summed E-state index contributed by atoms with van der Waals surface area (Å²) in [4.78, 5) is 40.7. The van der Waals surface area contributed by atoms with Crippen LogP contribution < -0.4 is 10.6 Å². The van der Waals surface area contributed by atoms with Crippen LogP contribution in [0.1, 0.15) is 39.2 Å². The van der Waals surface area contributed by atoms with Crippen LogP contribution in [-0.4, -0.2) is 75.1 Å². The Kier molecular flexibility index (Phi) is 10.0. The summed E-state index contributed by atoms with van der Waals surface area (Å²) < 4.78 is 5.31. The summed E-state index contributed by atoms with van der Waals surface area (Å²) in [5.74, 6) is 0.328. The van der Waals surface area contributed by atoms with Gasteiger partial charge in [0.2, 0.25) is 11.9 Å². The highest BCUT2D eigenvalue weighted by Crippen LogP contribution is 2.32. The van der Waals surface area contributed by atoms with E-state index in [4.69, 9.17) is 21.3 Å². The van der Waals surface area contributed by atoms with Crippen LogP contribution in [0.25, 0.3) is 22.2 Å². The van der Waals surface area contributed by atoms with Crippen molar-refractivity contribution in [3.8, 4) is 11.3 Å². The van der Waals surface area contributed by atoms with Gasteiger partial charge in [0.15, 0.2) is 0 Å². The van der Waals surface area contributed by atoms with E-state index in [0.29, 0.717) is 22.4 Å². The summed E-state index contributed by atoms with van der Waals surface area (Å²) in [6.45, 7) is 8.44. The maximum atomic E-state index is 12.3. The molecule has 45 heavy (non-hydrogen) atoms. The minimum Gasteiger partial charge on any atom is -0.444 e. The van der Waals surface area contributed by atoms with Crippen LogP contribution in [0, 0.1) is 0 Å². The summed E-state index contributed by atoms with van der Waals surface area (Å²) in [6.07, 6.45) is 8.16. The van der Waals surface area contributed by atoms with Crippen molar-refractivity contribution in [2.24, 2.45) is 0 Å². The maximum absolute atomic E-state index is 12.3. The second-order valence-corrected chi connectivity index (χ2v) is 12.7. The molecule has 1 saturated heterocycles. The van der Waals surface area contributed by atoms with E-state index in [9.17, 15) is 9.59 Å². The first-order valence-electron chi connectivity index (χ1n) is 15.1. The second-order valence-electron chi connectivity index (χ2n) is 12.3. The molecular weight excluding hydrogens is 590 g/mol. The second kappa shape index (κ2) is 14.1. The summed E-state index contributed by atoms with van der Waals surface area (Å²) in [5, 5.41) is 7.97. The number of benzene rings is 2. The standard InChI is InChI=1S/C34H40ClN7O3/c1-34(2,3)45-33(44)41(4)17-7-10-30(43)38-24-13-11-23(12-14-24)22-42-18-15-25(16-19-42)39-32-37-21-28(35)31(40-32)27-20-36-29-9-6-5-8-26(27)29/h5-14,20-21,25,36H,15-19,22H2,1-4H3,(H,38,43)(H,37,39,40)/b10-7+. The van der Waals surface area contributed by atoms with Gasteiger partial charge in [-0.2, -0.15) is 0 Å². The number of amides is 2. The largest absolute Gasteiger partial charge is 0.444 e. The number of hydrogen-bond acceptors (Lipinski definition) is 7. The van der Waals surface area contributed by atoms with Crippen LogP contribution in [0.4, 0.5) is 16.4 Å². The van der Waals surface area contributed by atoms with E-state index in [1.54, 1.807) is 19.3 Å². The molecule has 2 aromatic heterocycles. The number of rotatable bonds is 9. The number of H-pyrrole nitrogens is 1. The molecule has 0 unspecified atom stereocenters. The van der Waals surface area contributed by atoms with Gasteiger partial charge in [-0.25, -0.2) is 14.8 Å². The molecule has 0 bridgehead atoms. The number of carbonyl (C=O) groups is 2. The molecule has 0 radical (unpaired) electrons. The van der Waals surface area contributed by atoms with Crippen molar-refractivity contribution in [3.63, 3.8) is 0 Å². The molecule has 3 heterocycles. The normalized spacial score (nSPS) is 14.5. The Morgan fingerprint density at radius 3 is 2.60 bits per heavy atom. The predicted molar refractivity (Wildman–Crippen MR) is 179 cm³/mol. The van der Waals surface area contributed by atoms with Crippen molar-refractivity contribution in [2.45, 2.75) is 51.8 Å². The molecule has 1 aliphatic heterocycles. The summed E-state index contributed by atoms with van der Waals surface area (Å²) in [6, 6.07) is 16.3. The molecule has 0 saturated carbocycles. The molecule has 236 valence electrons. The lowest BCUT2D eigenvalue weighted by molar-refractivity contribution is -0.111. The number of anilines is 2. The van der Waals surface area contributed by atoms with Crippen molar-refractivity contribution in [1.82, 2.24) is 24.8 Å². The van der Waals surface area contributed by atoms with Crippen molar-refractivity contribution < 1.29 is 14.3 Å². The Labute approximate surface area is 268 Å². The molecule has 1 aliphatic rings. The van der Waals surface area contributed by atoms with E-state index in [1.807, 2.05) is 69.4 Å². The number of hydrogen-bond donors (Lipinski definition) is 3. The van der Waals surface area contributed by atoms with Gasteiger partial charge in [-0.15, -0.1) is 0 Å². The first-order valence-corrected chi connectivity index (χ1v) is 15.5. The topological polar surface area (TPSA) is 115 Å². The Balaban J connectivity index is 1.07. The highest BCUT2D eigenvalue weighted by molar-refractivity contribution is 6.33. The number of nitrogens with one attached hydrogen (secondary N) is 3. The zero-order chi connectivity index (χ0) is 32.0. The van der Waals surface area contributed by atoms with Gasteiger partial charge in [-0.3, -0.25) is 9.69 Å². The van der Waals surface area contributed by atoms with Gasteiger partial charge in [0, 0.05) is 73.7 Å². The van der Waals surface area contributed by atoms with Crippen LogP contribution in [0.5, 0.6) is 0 Å². The predicted octanol–water partition coefficient (Wildman–Crippen LogP) is 6.72. The molecule has 5 rings (SSSR count). The van der Waals surface area contributed by atoms with Gasteiger partial charge >= 0.3 is 6.09 Å². The number of aromatic nitrogens is 3. The molecule has 4 aromatic rings. The minimum absolute atomic E-state index is 0.256. The lowest BCUT2D eigenvalue weighted by Crippen LogP contribution is -2.39. The molecule has 2 amide bonds. The van der Waals surface area contributed by atoms with Crippen LogP contribution >= 0.6 is 11.6 Å². The van der Waals surface area contributed by atoms with E-state index >= 15 is 0 Å². The van der Waals surface area contributed by atoms with Crippen LogP contribution in [0.2, 0.25) is 5.02 Å². The van der Waals surface area contributed by atoms with Crippen molar-refractivity contribution in [1.29, 1.82) is 0 Å². The number of piperidine rings is 1. The van der Waals surface area contributed by atoms with Crippen molar-refractivity contribution in [3.05, 3.63) is 83.7 Å². The number of likely N-dealkylation sites (tertiary alicyclic amines) is 1. The molecule has 11 heteroatoms. The average Bonchev–Trinajstić information content (AvgIpc) is 3.43. The summed E-state index contributed by atoms with van der Waals surface area (Å²) >= 11 is 6.50. The van der Waals surface area contributed by atoms with E-state index in [-0.39, 0.29) is 18.5 Å². The van der Waals surface area contributed by atoms with Gasteiger partial charge in [0.05, 0.1) is 16.9 Å². The van der Waals surface area contributed by atoms with E-state index in [2.05, 4.69) is 31.6 Å². The third-order valence-electron chi connectivity index (χ3n) is 7.49. The number of halogens is 1. The molecule has 10 nitrogen and oxygen atoms in total. The Bertz CT molecular complexity index is 1650. The zero-order valence-corrected chi connectivity index (χ0v) is 26.9. The van der Waals surface area contributed by atoms with Gasteiger partial charge in [-0.05, 0) is 57.4 Å². The lowest BCUT2D eigenvalue weighted by atomic mass is 10.0. The number of fused-ring (bicyclic) bond motifs is 1. The molecule has 0 spiro atoms. The van der Waals surface area contributed by atoms with Crippen LogP contribution in [0.15, 0.2) is 73.1 Å². The molecule has 1 fully saturated rings. The number of likely N-dealkylation sites (N-methyl/N-ethyl adjacent to an activating group) is 1. The number of nitrogens with zero attached hydrogens (tertiary/aromatic N) is 4. The van der Waals surface area contributed by atoms with Gasteiger partial charge in [0.1, 0.15) is 5.60 Å². The van der Waals surface area contributed by atoms with E-state index in [1.165, 1.54) is 16.5 Å². The third-order valence-corrected chi connectivity index (χ3v) is 7.77. The summed E-state index contributed by atoms with van der Waals surface area (Å²) in [7, 11) is 1.63. The third kappa shape index (κ3) is 8.83. The Hall–Kier alpha value is -4.41. The van der Waals surface area contributed by atoms with Crippen molar-refractivity contribution in [2.75, 3.05) is 37.3 Å². The zero-order valence-electron chi connectivity index (χ0n) is 26.1. The van der Waals surface area contributed by atoms with Crippen molar-refractivity contribution >= 4 is 46.1 Å². The Morgan fingerprint density at radius 1 is 1.13 bits per heavy atom. The molecule has 0 aliphatic carbocycles. The highest BCUT2D eigenvalue weighted by atomic mass is 35.5. The fourth-order valence-electron chi connectivity index (χ4n) is 5.18.